The van der Waals surface area contributed by atoms with E-state index in [2.05, 4.69) is 9.80 Å². The summed E-state index contributed by atoms with van der Waals surface area (Å²) >= 11 is 0. The third kappa shape index (κ3) is 3.35. The zero-order valence-electron chi connectivity index (χ0n) is 12.9. The maximum Gasteiger partial charge on any atom is 0.0697 e. The van der Waals surface area contributed by atoms with E-state index >= 15 is 0 Å². The van der Waals surface area contributed by atoms with Crippen LogP contribution in [0.15, 0.2) is 0 Å². The van der Waals surface area contributed by atoms with Crippen molar-refractivity contribution in [3.8, 4) is 0 Å². The molecule has 0 bridgehead atoms. The lowest BCUT2D eigenvalue weighted by Crippen LogP contribution is -2.48. The average Bonchev–Trinajstić information content (AvgIpc) is 2.76. The fourth-order valence-electron chi connectivity index (χ4n) is 4.44. The molecule has 3 aliphatic rings. The zero-order valence-corrected chi connectivity index (χ0v) is 12.9. The van der Waals surface area contributed by atoms with Crippen molar-refractivity contribution >= 4 is 0 Å². The van der Waals surface area contributed by atoms with Crippen LogP contribution >= 0.6 is 0 Å². The second-order valence-electron chi connectivity index (χ2n) is 6.91. The van der Waals surface area contributed by atoms with Gasteiger partial charge >= 0.3 is 0 Å². The molecule has 2 aliphatic heterocycles. The minimum atomic E-state index is 0.256. The van der Waals surface area contributed by atoms with E-state index in [-0.39, 0.29) is 5.60 Å². The molecule has 1 unspecified atom stereocenters. The number of hydrogen-bond donors (Lipinski definition) is 1. The van der Waals surface area contributed by atoms with E-state index in [1.165, 1.54) is 71.1 Å². The molecule has 3 fully saturated rings. The van der Waals surface area contributed by atoms with Gasteiger partial charge in [-0.25, -0.2) is 0 Å². The van der Waals surface area contributed by atoms with Crippen molar-refractivity contribution in [2.45, 2.75) is 56.6 Å². The van der Waals surface area contributed by atoms with Crippen LogP contribution in [0.4, 0.5) is 0 Å². The van der Waals surface area contributed by atoms with Crippen molar-refractivity contribution in [3.05, 3.63) is 0 Å². The van der Waals surface area contributed by atoms with Crippen molar-refractivity contribution in [2.24, 2.45) is 5.73 Å². The van der Waals surface area contributed by atoms with Crippen LogP contribution in [0.5, 0.6) is 0 Å². The lowest BCUT2D eigenvalue weighted by Gasteiger charge is -2.42. The van der Waals surface area contributed by atoms with Crippen LogP contribution in [0.25, 0.3) is 0 Å². The Morgan fingerprint density at radius 1 is 1.05 bits per heavy atom. The molecular weight excluding hydrogens is 250 g/mol. The fourth-order valence-corrected chi connectivity index (χ4v) is 4.44. The molecule has 116 valence electrons. The first-order chi connectivity index (χ1) is 9.81. The van der Waals surface area contributed by atoms with Crippen LogP contribution in [-0.4, -0.2) is 67.3 Å². The highest BCUT2D eigenvalue weighted by Crippen LogP contribution is 2.41. The molecule has 3 rings (SSSR count). The molecule has 4 nitrogen and oxygen atoms in total. The second-order valence-corrected chi connectivity index (χ2v) is 6.91. The first-order valence-corrected chi connectivity index (χ1v) is 8.62. The fraction of sp³-hybridized carbons (Fsp3) is 1.00. The molecule has 1 saturated carbocycles. The van der Waals surface area contributed by atoms with E-state index < -0.39 is 0 Å². The summed E-state index contributed by atoms with van der Waals surface area (Å²) in [5.41, 5.74) is 5.95. The lowest BCUT2D eigenvalue weighted by molar-refractivity contribution is -0.101. The molecule has 2 N–H and O–H groups in total. The van der Waals surface area contributed by atoms with Gasteiger partial charge in [0, 0.05) is 38.8 Å². The first-order valence-electron chi connectivity index (χ1n) is 8.62. The predicted molar refractivity (Wildman–Crippen MR) is 81.9 cm³/mol. The van der Waals surface area contributed by atoms with Gasteiger partial charge in [0.25, 0.3) is 0 Å². The molecule has 1 spiro atoms. The molecule has 2 heterocycles. The largest absolute Gasteiger partial charge is 0.375 e. The minimum Gasteiger partial charge on any atom is -0.375 e. The molecule has 0 radical (unpaired) electrons. The van der Waals surface area contributed by atoms with Gasteiger partial charge in [0.2, 0.25) is 0 Å². The van der Waals surface area contributed by atoms with Gasteiger partial charge in [-0.3, -0.25) is 4.90 Å². The summed E-state index contributed by atoms with van der Waals surface area (Å²) in [5.74, 6) is 0. The second kappa shape index (κ2) is 6.73. The summed E-state index contributed by atoms with van der Waals surface area (Å²) in [6.45, 7) is 7.74. The van der Waals surface area contributed by atoms with Gasteiger partial charge in [-0.1, -0.05) is 12.8 Å². The Labute approximate surface area is 123 Å². The molecule has 4 heteroatoms. The molecule has 2 saturated heterocycles. The predicted octanol–water partition coefficient (Wildman–Crippen LogP) is 1.44. The summed E-state index contributed by atoms with van der Waals surface area (Å²) in [6.07, 6.45) is 9.16. The van der Waals surface area contributed by atoms with Crippen molar-refractivity contribution in [1.82, 2.24) is 9.80 Å². The molecular formula is C16H31N3O. The third-order valence-corrected chi connectivity index (χ3v) is 5.57. The summed E-state index contributed by atoms with van der Waals surface area (Å²) < 4.78 is 6.18. The van der Waals surface area contributed by atoms with Gasteiger partial charge < -0.3 is 15.4 Å². The van der Waals surface area contributed by atoms with Crippen molar-refractivity contribution in [2.75, 3.05) is 45.9 Å². The van der Waals surface area contributed by atoms with Gasteiger partial charge in [-0.2, -0.15) is 0 Å². The summed E-state index contributed by atoms with van der Waals surface area (Å²) in [6, 6.07) is 0.764. The highest BCUT2D eigenvalue weighted by atomic mass is 16.5. The Hall–Kier alpha value is -0.160. The first kappa shape index (κ1) is 14.8. The normalized spacial score (nSPS) is 32.5. The van der Waals surface area contributed by atoms with Crippen LogP contribution in [0, 0.1) is 0 Å². The van der Waals surface area contributed by atoms with Crippen LogP contribution in [0.2, 0.25) is 0 Å². The van der Waals surface area contributed by atoms with Crippen LogP contribution in [0.1, 0.15) is 44.9 Å². The van der Waals surface area contributed by atoms with E-state index in [4.69, 9.17) is 10.5 Å². The number of nitrogens with two attached hydrogens (primary N) is 1. The summed E-state index contributed by atoms with van der Waals surface area (Å²) in [7, 11) is 0. The van der Waals surface area contributed by atoms with Crippen LogP contribution in [-0.2, 0) is 4.74 Å². The van der Waals surface area contributed by atoms with E-state index in [1.807, 2.05) is 0 Å². The van der Waals surface area contributed by atoms with E-state index in [9.17, 15) is 0 Å². The quantitative estimate of drug-likeness (QED) is 0.850. The Morgan fingerprint density at radius 3 is 2.70 bits per heavy atom. The van der Waals surface area contributed by atoms with Crippen molar-refractivity contribution in [3.63, 3.8) is 0 Å². The number of hydrogen-bond acceptors (Lipinski definition) is 4. The Bertz CT molecular complexity index is 304. The zero-order chi connectivity index (χ0) is 13.8. The highest BCUT2D eigenvalue weighted by Gasteiger charge is 2.41. The van der Waals surface area contributed by atoms with Gasteiger partial charge in [0.1, 0.15) is 0 Å². The molecule has 0 aromatic heterocycles. The van der Waals surface area contributed by atoms with E-state index in [0.717, 1.165) is 25.7 Å². The third-order valence-electron chi connectivity index (χ3n) is 5.57. The van der Waals surface area contributed by atoms with Gasteiger partial charge in [0.15, 0.2) is 0 Å². The number of nitrogens with zero attached hydrogens (tertiary/aromatic N) is 2. The maximum atomic E-state index is 6.18. The van der Waals surface area contributed by atoms with Gasteiger partial charge in [-0.05, 0) is 45.2 Å². The molecule has 1 atom stereocenters. The standard InChI is InChI=1S/C16H31N3O/c17-7-10-18-8-3-9-19(12-11-18)15-4-13-20-16(14-15)5-1-2-6-16/h15H,1-14,17H2. The Morgan fingerprint density at radius 2 is 1.90 bits per heavy atom. The molecule has 0 aromatic carbocycles. The Kier molecular flexibility index (Phi) is 4.97. The molecule has 20 heavy (non-hydrogen) atoms. The monoisotopic (exact) mass is 281 g/mol. The molecule has 1 aliphatic carbocycles. The van der Waals surface area contributed by atoms with Crippen molar-refractivity contribution in [1.29, 1.82) is 0 Å². The summed E-state index contributed by atoms with van der Waals surface area (Å²) in [5, 5.41) is 0. The van der Waals surface area contributed by atoms with E-state index in [1.54, 1.807) is 0 Å². The van der Waals surface area contributed by atoms with Gasteiger partial charge in [0.05, 0.1) is 5.60 Å². The number of ether oxygens (including phenoxy) is 1. The molecule has 0 aromatic rings. The topological polar surface area (TPSA) is 41.7 Å². The van der Waals surface area contributed by atoms with Crippen LogP contribution < -0.4 is 5.73 Å². The lowest BCUT2D eigenvalue weighted by atomic mass is 9.88. The summed E-state index contributed by atoms with van der Waals surface area (Å²) in [4.78, 5) is 5.28. The van der Waals surface area contributed by atoms with Crippen LogP contribution in [0.3, 0.4) is 0 Å². The molecule has 0 amide bonds. The SMILES string of the molecule is NCCN1CCCN(C2CCOC3(CCCC3)C2)CC1. The van der Waals surface area contributed by atoms with E-state index in [0.29, 0.717) is 0 Å². The highest BCUT2D eigenvalue weighted by molar-refractivity contribution is 4.94. The van der Waals surface area contributed by atoms with Crippen molar-refractivity contribution < 1.29 is 4.74 Å². The maximum absolute atomic E-state index is 6.18. The van der Waals surface area contributed by atoms with Gasteiger partial charge in [-0.15, -0.1) is 0 Å². The Balaban J connectivity index is 1.55. The number of rotatable bonds is 3. The minimum absolute atomic E-state index is 0.256. The average molecular weight is 281 g/mol. The smallest absolute Gasteiger partial charge is 0.0697 e.